The van der Waals surface area contributed by atoms with E-state index in [0.717, 1.165) is 32.7 Å². The van der Waals surface area contributed by atoms with Crippen LogP contribution in [0.4, 0.5) is 0 Å². The number of rotatable bonds is 6. The number of nitrogens with one attached hydrogen (secondary N) is 1. The second-order valence-corrected chi connectivity index (χ2v) is 3.85. The third kappa shape index (κ3) is 3.53. The van der Waals surface area contributed by atoms with Gasteiger partial charge in [0, 0.05) is 39.9 Å². The summed E-state index contributed by atoms with van der Waals surface area (Å²) in [6.07, 6.45) is 1.58. The molecule has 1 fully saturated rings. The first-order valence-corrected chi connectivity index (χ1v) is 5.21. The maximum Gasteiger partial charge on any atom is 0.0710 e. The molecule has 0 aromatic heterocycles. The van der Waals surface area contributed by atoms with Gasteiger partial charge in [0.25, 0.3) is 0 Å². The van der Waals surface area contributed by atoms with Gasteiger partial charge in [-0.15, -0.1) is 0 Å². The van der Waals surface area contributed by atoms with Gasteiger partial charge in [0.1, 0.15) is 0 Å². The van der Waals surface area contributed by atoms with E-state index in [9.17, 15) is 0 Å². The Kier molecular flexibility index (Phi) is 5.40. The summed E-state index contributed by atoms with van der Waals surface area (Å²) in [5.74, 6) is 0. The van der Waals surface area contributed by atoms with E-state index in [1.54, 1.807) is 14.2 Å². The minimum atomic E-state index is 0.426. The number of likely N-dealkylation sites (tertiary alicyclic amines) is 1. The zero-order chi connectivity index (χ0) is 10.4. The van der Waals surface area contributed by atoms with Gasteiger partial charge in [-0.3, -0.25) is 4.90 Å². The molecule has 0 aliphatic carbocycles. The molecule has 1 saturated heterocycles. The number of ether oxygens (including phenoxy) is 2. The van der Waals surface area contributed by atoms with Crippen molar-refractivity contribution in [2.24, 2.45) is 0 Å². The van der Waals surface area contributed by atoms with E-state index < -0.39 is 0 Å². The van der Waals surface area contributed by atoms with Crippen LogP contribution in [0.25, 0.3) is 0 Å². The molecule has 4 nitrogen and oxygen atoms in total. The molecule has 84 valence electrons. The molecular formula is C10H22N2O2. The van der Waals surface area contributed by atoms with Gasteiger partial charge >= 0.3 is 0 Å². The van der Waals surface area contributed by atoms with E-state index in [-0.39, 0.29) is 0 Å². The Morgan fingerprint density at radius 3 is 2.79 bits per heavy atom. The highest BCUT2D eigenvalue weighted by Crippen LogP contribution is 2.11. The first kappa shape index (κ1) is 11.9. The second kappa shape index (κ2) is 6.35. The van der Waals surface area contributed by atoms with Crippen LogP contribution in [0.2, 0.25) is 0 Å². The van der Waals surface area contributed by atoms with E-state index in [0.29, 0.717) is 12.1 Å². The zero-order valence-electron chi connectivity index (χ0n) is 9.45. The summed E-state index contributed by atoms with van der Waals surface area (Å²) in [4.78, 5) is 2.42. The summed E-state index contributed by atoms with van der Waals surface area (Å²) < 4.78 is 10.5. The fraction of sp³-hybridized carbons (Fsp3) is 1.00. The molecule has 2 atom stereocenters. The lowest BCUT2D eigenvalue weighted by Gasteiger charge is -2.22. The third-order valence-corrected chi connectivity index (χ3v) is 2.82. The van der Waals surface area contributed by atoms with Crippen LogP contribution in [-0.2, 0) is 9.47 Å². The van der Waals surface area contributed by atoms with Gasteiger partial charge in [-0.1, -0.05) is 0 Å². The molecule has 1 heterocycles. The molecule has 1 N–H and O–H groups in total. The van der Waals surface area contributed by atoms with Gasteiger partial charge in [0.2, 0.25) is 0 Å². The lowest BCUT2D eigenvalue weighted by molar-refractivity contribution is 0.102. The van der Waals surface area contributed by atoms with Crippen LogP contribution in [0.3, 0.4) is 0 Å². The van der Waals surface area contributed by atoms with E-state index in [4.69, 9.17) is 9.47 Å². The van der Waals surface area contributed by atoms with Crippen LogP contribution in [0, 0.1) is 0 Å². The number of methoxy groups -OCH3 is 2. The molecule has 0 radical (unpaired) electrons. The van der Waals surface area contributed by atoms with Gasteiger partial charge < -0.3 is 14.8 Å². The normalized spacial score (nSPS) is 25.5. The molecule has 1 rings (SSSR count). The highest BCUT2D eigenvalue weighted by atomic mass is 16.5. The maximum absolute atomic E-state index is 5.32. The molecule has 14 heavy (non-hydrogen) atoms. The van der Waals surface area contributed by atoms with Gasteiger partial charge in [-0.2, -0.15) is 0 Å². The SMILES string of the molecule is CNC(COC)CN1CCC(OC)C1. The highest BCUT2D eigenvalue weighted by Gasteiger charge is 2.23. The molecule has 4 heteroatoms. The van der Waals surface area contributed by atoms with Crippen molar-refractivity contribution in [1.29, 1.82) is 0 Å². The molecule has 0 spiro atoms. The van der Waals surface area contributed by atoms with Crippen molar-refractivity contribution in [2.75, 3.05) is 47.5 Å². The van der Waals surface area contributed by atoms with Crippen molar-refractivity contribution < 1.29 is 9.47 Å². The summed E-state index contributed by atoms with van der Waals surface area (Å²) >= 11 is 0. The molecule has 0 bridgehead atoms. The fourth-order valence-corrected chi connectivity index (χ4v) is 1.90. The van der Waals surface area contributed by atoms with Crippen LogP contribution in [0.1, 0.15) is 6.42 Å². The highest BCUT2D eigenvalue weighted by molar-refractivity contribution is 4.79. The van der Waals surface area contributed by atoms with Crippen molar-refractivity contribution in [3.8, 4) is 0 Å². The minimum Gasteiger partial charge on any atom is -0.383 e. The van der Waals surface area contributed by atoms with Crippen molar-refractivity contribution >= 4 is 0 Å². The Balaban J connectivity index is 2.22. The first-order chi connectivity index (χ1) is 6.80. The van der Waals surface area contributed by atoms with E-state index in [1.165, 1.54) is 0 Å². The Labute approximate surface area is 86.6 Å². The lowest BCUT2D eigenvalue weighted by atomic mass is 10.3. The van der Waals surface area contributed by atoms with Gasteiger partial charge in [0.05, 0.1) is 12.7 Å². The average molecular weight is 202 g/mol. The van der Waals surface area contributed by atoms with Crippen molar-refractivity contribution in [3.63, 3.8) is 0 Å². The van der Waals surface area contributed by atoms with Gasteiger partial charge in [-0.05, 0) is 13.5 Å². The Bertz CT molecular complexity index is 155. The maximum atomic E-state index is 5.32. The Morgan fingerprint density at radius 1 is 1.50 bits per heavy atom. The van der Waals surface area contributed by atoms with Crippen molar-refractivity contribution in [1.82, 2.24) is 10.2 Å². The molecule has 1 aliphatic heterocycles. The standard InChI is InChI=1S/C10H22N2O2/c1-11-9(8-13-2)6-12-5-4-10(7-12)14-3/h9-11H,4-8H2,1-3H3. The lowest BCUT2D eigenvalue weighted by Crippen LogP contribution is -2.41. The second-order valence-electron chi connectivity index (χ2n) is 3.85. The van der Waals surface area contributed by atoms with Crippen LogP contribution in [0.15, 0.2) is 0 Å². The summed E-state index contributed by atoms with van der Waals surface area (Å²) in [6, 6.07) is 0.426. The monoisotopic (exact) mass is 202 g/mol. The molecule has 0 saturated carbocycles. The Hall–Kier alpha value is -0.160. The first-order valence-electron chi connectivity index (χ1n) is 5.21. The summed E-state index contributed by atoms with van der Waals surface area (Å²) in [6.45, 7) is 4.01. The molecule has 0 aromatic carbocycles. The summed E-state index contributed by atoms with van der Waals surface area (Å²) in [5, 5.41) is 3.26. The van der Waals surface area contributed by atoms with E-state index in [1.807, 2.05) is 7.05 Å². The van der Waals surface area contributed by atoms with Crippen molar-refractivity contribution in [2.45, 2.75) is 18.6 Å². The van der Waals surface area contributed by atoms with Crippen LogP contribution in [0.5, 0.6) is 0 Å². The zero-order valence-corrected chi connectivity index (χ0v) is 9.45. The van der Waals surface area contributed by atoms with Crippen LogP contribution < -0.4 is 5.32 Å². The quantitative estimate of drug-likeness (QED) is 0.654. The molecular weight excluding hydrogens is 180 g/mol. The smallest absolute Gasteiger partial charge is 0.0710 e. The molecule has 1 aliphatic rings. The predicted octanol–water partition coefficient (Wildman–Crippen LogP) is -0.0585. The van der Waals surface area contributed by atoms with E-state index in [2.05, 4.69) is 10.2 Å². The number of hydrogen-bond donors (Lipinski definition) is 1. The minimum absolute atomic E-state index is 0.426. The number of hydrogen-bond acceptors (Lipinski definition) is 4. The van der Waals surface area contributed by atoms with Gasteiger partial charge in [0.15, 0.2) is 0 Å². The molecule has 2 unspecified atom stereocenters. The van der Waals surface area contributed by atoms with Crippen LogP contribution >= 0.6 is 0 Å². The molecule has 0 amide bonds. The fourth-order valence-electron chi connectivity index (χ4n) is 1.90. The topological polar surface area (TPSA) is 33.7 Å². The largest absolute Gasteiger partial charge is 0.383 e. The average Bonchev–Trinajstić information content (AvgIpc) is 2.65. The van der Waals surface area contributed by atoms with Gasteiger partial charge in [-0.25, -0.2) is 0 Å². The predicted molar refractivity (Wildman–Crippen MR) is 56.6 cm³/mol. The number of nitrogens with zero attached hydrogens (tertiary/aromatic N) is 1. The Morgan fingerprint density at radius 2 is 2.29 bits per heavy atom. The summed E-state index contributed by atoms with van der Waals surface area (Å²) in [7, 11) is 5.51. The summed E-state index contributed by atoms with van der Waals surface area (Å²) in [5.41, 5.74) is 0. The third-order valence-electron chi connectivity index (χ3n) is 2.82. The number of likely N-dealkylation sites (N-methyl/N-ethyl adjacent to an activating group) is 1. The van der Waals surface area contributed by atoms with Crippen molar-refractivity contribution in [3.05, 3.63) is 0 Å². The van der Waals surface area contributed by atoms with Crippen LogP contribution in [-0.4, -0.2) is 64.6 Å². The molecule has 0 aromatic rings. The van der Waals surface area contributed by atoms with E-state index >= 15 is 0 Å².